The molecule has 0 aliphatic heterocycles. The van der Waals surface area contributed by atoms with E-state index >= 15 is 0 Å². The van der Waals surface area contributed by atoms with Gasteiger partial charge in [0.2, 0.25) is 0 Å². The number of rotatable bonds is 3. The van der Waals surface area contributed by atoms with Crippen molar-refractivity contribution in [2.45, 2.75) is 6.92 Å². The van der Waals surface area contributed by atoms with Crippen LogP contribution in [0.3, 0.4) is 0 Å². The zero-order valence-electron chi connectivity index (χ0n) is 12.0. The molecule has 0 amide bonds. The van der Waals surface area contributed by atoms with Crippen LogP contribution in [0.2, 0.25) is 5.15 Å². The third kappa shape index (κ3) is 2.58. The van der Waals surface area contributed by atoms with E-state index in [1.165, 1.54) is 19.5 Å². The molecular weight excluding hydrogens is 280 g/mol. The Balaban J connectivity index is 2.74. The molecule has 20 heavy (non-hydrogen) atoms. The molecule has 2 heterocycles. The fourth-order valence-electron chi connectivity index (χ4n) is 1.87. The van der Waals surface area contributed by atoms with E-state index < -0.39 is 5.97 Å². The number of ether oxygens (including phenoxy) is 2. The molecule has 0 saturated carbocycles. The normalized spacial score (nSPS) is 10.8. The van der Waals surface area contributed by atoms with E-state index in [2.05, 4.69) is 9.97 Å². The van der Waals surface area contributed by atoms with Gasteiger partial charge >= 0.3 is 5.97 Å². The molecule has 0 N–H and O–H groups in total. The summed E-state index contributed by atoms with van der Waals surface area (Å²) in [5.74, 6) is -0.185. The molecule has 0 aliphatic rings. The molecular formula is C14H13ClN2O3. The Morgan fingerprint density at radius 2 is 2.25 bits per heavy atom. The molecule has 0 spiro atoms. The zero-order valence-corrected chi connectivity index (χ0v) is 11.8. The van der Waals surface area contributed by atoms with Gasteiger partial charge in [0.1, 0.15) is 10.9 Å². The lowest BCUT2D eigenvalue weighted by molar-refractivity contribution is 0.0601. The molecule has 2 aromatic rings. The lowest BCUT2D eigenvalue weighted by atomic mass is 10.0. The standard InChI is InChI=1S/C14H13ClN2O3/c1-8-13(19-2)12(9-4-5-16-11(15)6-9)10(7-17-8)14(18)20-3/h4-7H,1-3H3/i2D. The number of pyridine rings is 2. The molecule has 104 valence electrons. The molecule has 0 aliphatic carbocycles. The average molecular weight is 294 g/mol. The molecule has 0 fully saturated rings. The van der Waals surface area contributed by atoms with E-state index in [1.54, 1.807) is 19.1 Å². The van der Waals surface area contributed by atoms with Crippen molar-refractivity contribution in [3.63, 3.8) is 0 Å². The first-order valence-electron chi connectivity index (χ1n) is 6.41. The summed E-state index contributed by atoms with van der Waals surface area (Å²) in [6.07, 6.45) is 2.95. The molecule has 0 radical (unpaired) electrons. The van der Waals surface area contributed by atoms with Crippen LogP contribution < -0.4 is 4.74 Å². The highest BCUT2D eigenvalue weighted by atomic mass is 35.5. The summed E-state index contributed by atoms with van der Waals surface area (Å²) in [7, 11) is 0.996. The fourth-order valence-corrected chi connectivity index (χ4v) is 2.05. The van der Waals surface area contributed by atoms with E-state index in [4.69, 9.17) is 22.4 Å². The van der Waals surface area contributed by atoms with Crippen LogP contribution in [0.4, 0.5) is 0 Å². The molecule has 6 heteroatoms. The number of hydrogen-bond donors (Lipinski definition) is 0. The highest BCUT2D eigenvalue weighted by Crippen LogP contribution is 2.35. The van der Waals surface area contributed by atoms with Gasteiger partial charge in [-0.25, -0.2) is 9.78 Å². The van der Waals surface area contributed by atoms with Crippen molar-refractivity contribution in [3.05, 3.63) is 40.9 Å². The van der Waals surface area contributed by atoms with Gasteiger partial charge in [0, 0.05) is 18.0 Å². The van der Waals surface area contributed by atoms with Gasteiger partial charge in [-0.2, -0.15) is 0 Å². The van der Waals surface area contributed by atoms with Gasteiger partial charge in [-0.1, -0.05) is 11.6 Å². The van der Waals surface area contributed by atoms with Crippen LogP contribution in [0.25, 0.3) is 11.1 Å². The van der Waals surface area contributed by atoms with Crippen LogP contribution in [0.1, 0.15) is 17.4 Å². The summed E-state index contributed by atoms with van der Waals surface area (Å²) >= 11 is 5.91. The Labute approximate surface area is 122 Å². The Hall–Kier alpha value is -2.14. The van der Waals surface area contributed by atoms with Crippen molar-refractivity contribution in [2.75, 3.05) is 14.2 Å². The summed E-state index contributed by atoms with van der Waals surface area (Å²) in [5, 5.41) is 0.287. The van der Waals surface area contributed by atoms with Crippen molar-refractivity contribution in [1.29, 1.82) is 0 Å². The van der Waals surface area contributed by atoms with Crippen molar-refractivity contribution < 1.29 is 15.6 Å². The first-order valence-corrected chi connectivity index (χ1v) is 6.08. The van der Waals surface area contributed by atoms with Crippen LogP contribution in [-0.4, -0.2) is 30.1 Å². The number of methoxy groups -OCH3 is 2. The topological polar surface area (TPSA) is 61.3 Å². The predicted molar refractivity (Wildman–Crippen MR) is 75.1 cm³/mol. The van der Waals surface area contributed by atoms with Gasteiger partial charge in [0.15, 0.2) is 0 Å². The molecule has 0 bridgehead atoms. The summed E-state index contributed by atoms with van der Waals surface area (Å²) in [6.45, 7) is 1.73. The highest BCUT2D eigenvalue weighted by Gasteiger charge is 2.21. The Morgan fingerprint density at radius 1 is 1.45 bits per heavy atom. The summed E-state index contributed by atoms with van der Waals surface area (Å²) in [5.41, 5.74) is 1.95. The van der Waals surface area contributed by atoms with E-state index in [1.807, 2.05) is 0 Å². The van der Waals surface area contributed by atoms with E-state index in [-0.39, 0.29) is 17.8 Å². The molecule has 0 aromatic carbocycles. The summed E-state index contributed by atoms with van der Waals surface area (Å²) in [4.78, 5) is 20.0. The van der Waals surface area contributed by atoms with Gasteiger partial charge in [0.05, 0.1) is 26.8 Å². The first-order chi connectivity index (χ1) is 10.1. The lowest BCUT2D eigenvalue weighted by Crippen LogP contribution is -2.07. The number of carbonyl (C=O) groups is 1. The minimum atomic E-state index is -0.541. The second-order valence-corrected chi connectivity index (χ2v) is 4.35. The number of halogens is 1. The van der Waals surface area contributed by atoms with E-state index in [9.17, 15) is 4.79 Å². The van der Waals surface area contributed by atoms with Crippen LogP contribution in [0.5, 0.6) is 5.75 Å². The maximum absolute atomic E-state index is 11.9. The Morgan fingerprint density at radius 3 is 2.90 bits per heavy atom. The van der Waals surface area contributed by atoms with Crippen LogP contribution in [0.15, 0.2) is 24.5 Å². The van der Waals surface area contributed by atoms with E-state index in [0.29, 0.717) is 22.6 Å². The van der Waals surface area contributed by atoms with Gasteiger partial charge in [-0.3, -0.25) is 4.98 Å². The largest absolute Gasteiger partial charge is 0.494 e. The third-order valence-electron chi connectivity index (χ3n) is 2.78. The molecule has 5 nitrogen and oxygen atoms in total. The molecule has 0 atom stereocenters. The SMILES string of the molecule is [2H]COc1c(C)ncc(C(=O)OC)c1-c1ccnc(Cl)c1. The van der Waals surface area contributed by atoms with Crippen LogP contribution in [-0.2, 0) is 4.74 Å². The zero-order chi connectivity index (χ0) is 15.4. The van der Waals surface area contributed by atoms with E-state index in [0.717, 1.165) is 0 Å². The number of aryl methyl sites for hydroxylation is 1. The Bertz CT molecular complexity index is 679. The summed E-state index contributed by atoms with van der Waals surface area (Å²) in [6, 6.07) is 3.31. The number of carbonyl (C=O) groups excluding carboxylic acids is 1. The van der Waals surface area contributed by atoms with Crippen molar-refractivity contribution in [2.24, 2.45) is 0 Å². The summed E-state index contributed by atoms with van der Waals surface area (Å²) < 4.78 is 17.4. The Kier molecular flexibility index (Phi) is 3.78. The van der Waals surface area contributed by atoms with Crippen LogP contribution >= 0.6 is 11.6 Å². The predicted octanol–water partition coefficient (Wildman–Crippen LogP) is 2.90. The maximum atomic E-state index is 11.9. The second-order valence-electron chi connectivity index (χ2n) is 3.96. The number of esters is 1. The molecule has 0 unspecified atom stereocenters. The second kappa shape index (κ2) is 5.88. The van der Waals surface area contributed by atoms with Crippen molar-refractivity contribution in [3.8, 4) is 16.9 Å². The molecule has 0 saturated heterocycles. The highest BCUT2D eigenvalue weighted by molar-refractivity contribution is 6.29. The van der Waals surface area contributed by atoms with Crippen molar-refractivity contribution >= 4 is 17.6 Å². The quantitative estimate of drug-likeness (QED) is 0.643. The third-order valence-corrected chi connectivity index (χ3v) is 2.98. The van der Waals surface area contributed by atoms with Crippen molar-refractivity contribution in [1.82, 2.24) is 9.97 Å². The van der Waals surface area contributed by atoms with Crippen LogP contribution in [0, 0.1) is 6.92 Å². The number of nitrogens with zero attached hydrogens (tertiary/aromatic N) is 2. The minimum Gasteiger partial charge on any atom is -0.494 e. The van der Waals surface area contributed by atoms with Gasteiger partial charge < -0.3 is 9.47 Å². The molecule has 2 aromatic heterocycles. The first kappa shape index (κ1) is 12.9. The number of hydrogen-bond acceptors (Lipinski definition) is 5. The number of aromatic nitrogens is 2. The maximum Gasteiger partial charge on any atom is 0.340 e. The average Bonchev–Trinajstić information content (AvgIpc) is 2.48. The van der Waals surface area contributed by atoms with Gasteiger partial charge in [-0.15, -0.1) is 0 Å². The minimum absolute atomic E-state index is 0.244. The fraction of sp³-hybridized carbons (Fsp3) is 0.214. The lowest BCUT2D eigenvalue weighted by Gasteiger charge is -2.14. The van der Waals surface area contributed by atoms with Gasteiger partial charge in [0.25, 0.3) is 0 Å². The smallest absolute Gasteiger partial charge is 0.340 e. The molecule has 2 rings (SSSR count). The van der Waals surface area contributed by atoms with Gasteiger partial charge in [-0.05, 0) is 24.6 Å². The monoisotopic (exact) mass is 293 g/mol.